The van der Waals surface area contributed by atoms with Crippen LogP contribution in [0.5, 0.6) is 5.75 Å². The number of rotatable bonds is 5. The molecule has 2 aromatic rings. The molecule has 166 valence electrons. The lowest BCUT2D eigenvalue weighted by atomic mass is 9.68. The molecular formula is C27H29NO4. The molecule has 0 unspecified atom stereocenters. The summed E-state index contributed by atoms with van der Waals surface area (Å²) < 4.78 is 11.0. The number of hydrogen-bond acceptors (Lipinski definition) is 5. The lowest BCUT2D eigenvalue weighted by molar-refractivity contribution is -0.140. The Balaban J connectivity index is 1.73. The molecule has 0 saturated carbocycles. The zero-order valence-corrected chi connectivity index (χ0v) is 19.0. The van der Waals surface area contributed by atoms with E-state index in [1.807, 2.05) is 61.5 Å². The highest BCUT2D eigenvalue weighted by molar-refractivity contribution is 6.04. The Morgan fingerprint density at radius 1 is 1.06 bits per heavy atom. The number of allylic oxidation sites excluding steroid dienone is 3. The van der Waals surface area contributed by atoms with Gasteiger partial charge in [-0.3, -0.25) is 4.79 Å². The topological polar surface area (TPSA) is 64.6 Å². The van der Waals surface area contributed by atoms with Crippen LogP contribution in [0, 0.1) is 5.41 Å². The minimum Gasteiger partial charge on any atom is -0.497 e. The van der Waals surface area contributed by atoms with Crippen molar-refractivity contribution in [1.29, 1.82) is 0 Å². The molecule has 1 heterocycles. The SMILES string of the molecule is COc1ccc([C@@H]2C(C(=O)OCc3ccccc3)=C(C)NC3=C2C(=O)CC(C)(C)C3)cc1. The molecule has 1 aliphatic carbocycles. The largest absolute Gasteiger partial charge is 0.497 e. The highest BCUT2D eigenvalue weighted by atomic mass is 16.5. The van der Waals surface area contributed by atoms with Crippen LogP contribution in [0.4, 0.5) is 0 Å². The summed E-state index contributed by atoms with van der Waals surface area (Å²) >= 11 is 0. The van der Waals surface area contributed by atoms with E-state index in [1.165, 1.54) is 0 Å². The molecule has 5 nitrogen and oxygen atoms in total. The van der Waals surface area contributed by atoms with E-state index in [0.717, 1.165) is 34.7 Å². The first-order chi connectivity index (χ1) is 15.3. The van der Waals surface area contributed by atoms with Gasteiger partial charge in [0.1, 0.15) is 12.4 Å². The van der Waals surface area contributed by atoms with Gasteiger partial charge >= 0.3 is 5.97 Å². The van der Waals surface area contributed by atoms with E-state index in [1.54, 1.807) is 7.11 Å². The molecule has 5 heteroatoms. The van der Waals surface area contributed by atoms with E-state index >= 15 is 0 Å². The monoisotopic (exact) mass is 431 g/mol. The highest BCUT2D eigenvalue weighted by Crippen LogP contribution is 2.47. The number of carbonyl (C=O) groups excluding carboxylic acids is 2. The van der Waals surface area contributed by atoms with Gasteiger partial charge in [0.2, 0.25) is 0 Å². The van der Waals surface area contributed by atoms with Crippen molar-refractivity contribution in [3.63, 3.8) is 0 Å². The van der Waals surface area contributed by atoms with Crippen LogP contribution in [0.1, 0.15) is 50.7 Å². The minimum atomic E-state index is -0.468. The maximum absolute atomic E-state index is 13.3. The fraction of sp³-hybridized carbons (Fsp3) is 0.333. The molecule has 0 aromatic heterocycles. The second-order valence-corrected chi connectivity index (χ2v) is 9.26. The van der Waals surface area contributed by atoms with E-state index in [2.05, 4.69) is 19.2 Å². The van der Waals surface area contributed by atoms with Crippen LogP contribution in [-0.2, 0) is 20.9 Å². The molecule has 32 heavy (non-hydrogen) atoms. The summed E-state index contributed by atoms with van der Waals surface area (Å²) in [4.78, 5) is 26.6. The first-order valence-corrected chi connectivity index (χ1v) is 10.9. The van der Waals surface area contributed by atoms with Crippen LogP contribution < -0.4 is 10.1 Å². The molecule has 0 spiro atoms. The van der Waals surface area contributed by atoms with Gasteiger partial charge in [-0.05, 0) is 42.0 Å². The van der Waals surface area contributed by atoms with Crippen LogP contribution in [0.25, 0.3) is 0 Å². The van der Waals surface area contributed by atoms with Gasteiger partial charge in [-0.2, -0.15) is 0 Å². The Hall–Kier alpha value is -3.34. The number of nitrogens with one attached hydrogen (secondary N) is 1. The summed E-state index contributed by atoms with van der Waals surface area (Å²) in [5, 5.41) is 3.37. The fourth-order valence-corrected chi connectivity index (χ4v) is 4.64. The van der Waals surface area contributed by atoms with Crippen molar-refractivity contribution < 1.29 is 19.1 Å². The Kier molecular flexibility index (Phi) is 5.92. The zero-order chi connectivity index (χ0) is 22.9. The third kappa shape index (κ3) is 4.33. The smallest absolute Gasteiger partial charge is 0.337 e. The van der Waals surface area contributed by atoms with Crippen molar-refractivity contribution in [3.05, 3.63) is 88.3 Å². The van der Waals surface area contributed by atoms with Gasteiger partial charge < -0.3 is 14.8 Å². The molecule has 4 rings (SSSR count). The van der Waals surface area contributed by atoms with Crippen molar-refractivity contribution in [2.75, 3.05) is 7.11 Å². The van der Waals surface area contributed by atoms with Crippen molar-refractivity contribution in [2.45, 2.75) is 46.1 Å². The summed E-state index contributed by atoms with van der Waals surface area (Å²) in [6.07, 6.45) is 1.20. The average Bonchev–Trinajstić information content (AvgIpc) is 2.76. The maximum Gasteiger partial charge on any atom is 0.337 e. The Morgan fingerprint density at radius 3 is 2.41 bits per heavy atom. The lowest BCUT2D eigenvalue weighted by Crippen LogP contribution is -2.38. The highest BCUT2D eigenvalue weighted by Gasteiger charge is 2.43. The zero-order valence-electron chi connectivity index (χ0n) is 19.0. The van der Waals surface area contributed by atoms with E-state index < -0.39 is 11.9 Å². The normalized spacial score (nSPS) is 19.9. The number of benzene rings is 2. The molecule has 0 saturated heterocycles. The maximum atomic E-state index is 13.3. The molecular weight excluding hydrogens is 402 g/mol. The van der Waals surface area contributed by atoms with E-state index in [4.69, 9.17) is 9.47 Å². The second-order valence-electron chi connectivity index (χ2n) is 9.26. The lowest BCUT2D eigenvalue weighted by Gasteiger charge is -2.39. The van der Waals surface area contributed by atoms with E-state index in [9.17, 15) is 9.59 Å². The van der Waals surface area contributed by atoms with E-state index in [0.29, 0.717) is 17.6 Å². The third-order valence-corrected chi connectivity index (χ3v) is 6.12. The molecule has 1 aliphatic heterocycles. The number of ketones is 1. The molecule has 0 fully saturated rings. The van der Waals surface area contributed by atoms with Gasteiger partial charge in [0.25, 0.3) is 0 Å². The van der Waals surface area contributed by atoms with Gasteiger partial charge in [0.15, 0.2) is 5.78 Å². The van der Waals surface area contributed by atoms with Gasteiger partial charge in [-0.1, -0.05) is 56.3 Å². The summed E-state index contributed by atoms with van der Waals surface area (Å²) in [6, 6.07) is 17.1. The number of Topliss-reactive ketones (excluding diaryl/α,β-unsaturated/α-hetero) is 1. The summed E-state index contributed by atoms with van der Waals surface area (Å²) in [7, 11) is 1.61. The van der Waals surface area contributed by atoms with Crippen LogP contribution in [0.2, 0.25) is 0 Å². The standard InChI is InChI=1S/C27H29NO4/c1-17-23(26(30)32-16-18-8-6-5-7-9-18)24(19-10-12-20(31-4)13-11-19)25-21(28-17)14-27(2,3)15-22(25)29/h5-13,24,28H,14-16H2,1-4H3/t24-/m1/s1. The van der Waals surface area contributed by atoms with Gasteiger partial charge in [-0.25, -0.2) is 4.79 Å². The Morgan fingerprint density at radius 2 is 1.75 bits per heavy atom. The van der Waals surface area contributed by atoms with Crippen LogP contribution in [0.15, 0.2) is 77.1 Å². The Labute approximate surface area is 189 Å². The summed E-state index contributed by atoms with van der Waals surface area (Å²) in [5.74, 6) is -0.0831. The summed E-state index contributed by atoms with van der Waals surface area (Å²) in [6.45, 7) is 6.26. The molecule has 0 bridgehead atoms. The van der Waals surface area contributed by atoms with Crippen molar-refractivity contribution in [1.82, 2.24) is 5.32 Å². The van der Waals surface area contributed by atoms with Crippen molar-refractivity contribution >= 4 is 11.8 Å². The quantitative estimate of drug-likeness (QED) is 0.672. The number of dihydropyridines is 1. The summed E-state index contributed by atoms with van der Waals surface area (Å²) in [5.41, 5.74) is 4.46. The first kappa shape index (κ1) is 21.9. The fourth-order valence-electron chi connectivity index (χ4n) is 4.64. The van der Waals surface area contributed by atoms with Crippen molar-refractivity contribution in [3.8, 4) is 5.75 Å². The van der Waals surface area contributed by atoms with Crippen molar-refractivity contribution in [2.24, 2.45) is 5.41 Å². The molecule has 1 atom stereocenters. The molecule has 2 aromatic carbocycles. The predicted octanol–water partition coefficient (Wildman–Crippen LogP) is 5.04. The van der Waals surface area contributed by atoms with Gasteiger partial charge in [-0.15, -0.1) is 0 Å². The molecule has 0 amide bonds. The van der Waals surface area contributed by atoms with E-state index in [-0.39, 0.29) is 17.8 Å². The number of hydrogen-bond donors (Lipinski definition) is 1. The first-order valence-electron chi connectivity index (χ1n) is 10.9. The van der Waals surface area contributed by atoms with Gasteiger partial charge in [0.05, 0.1) is 12.7 Å². The Bertz CT molecular complexity index is 1090. The number of ether oxygens (including phenoxy) is 2. The average molecular weight is 432 g/mol. The number of carbonyl (C=O) groups is 2. The number of methoxy groups -OCH3 is 1. The molecule has 1 N–H and O–H groups in total. The number of esters is 1. The van der Waals surface area contributed by atoms with Gasteiger partial charge in [0, 0.05) is 29.3 Å². The van der Waals surface area contributed by atoms with Crippen LogP contribution in [0.3, 0.4) is 0 Å². The second kappa shape index (κ2) is 8.65. The minimum absolute atomic E-state index is 0.0745. The predicted molar refractivity (Wildman–Crippen MR) is 123 cm³/mol. The van der Waals surface area contributed by atoms with Crippen LogP contribution >= 0.6 is 0 Å². The van der Waals surface area contributed by atoms with Crippen LogP contribution in [-0.4, -0.2) is 18.9 Å². The molecule has 2 aliphatic rings. The third-order valence-electron chi connectivity index (χ3n) is 6.12. The molecule has 0 radical (unpaired) electrons.